The number of benzene rings is 2. The van der Waals surface area contributed by atoms with Crippen molar-refractivity contribution in [1.82, 2.24) is 0 Å². The third-order valence-corrected chi connectivity index (χ3v) is 4.32. The molecule has 0 heterocycles. The maximum Gasteiger partial charge on any atom is 0.333 e. The number of hydrogen-bond acceptors (Lipinski definition) is 2. The highest BCUT2D eigenvalue weighted by molar-refractivity contribution is 9.10. The molecule has 2 aromatic carbocycles. The number of anilines is 1. The smallest absolute Gasteiger partial charge is 0.333 e. The first-order chi connectivity index (χ1) is 9.97. The van der Waals surface area contributed by atoms with Crippen LogP contribution < -0.4 is 5.32 Å². The Hall–Kier alpha value is -1.81. The first-order valence-corrected chi connectivity index (χ1v) is 7.62. The number of carboxylic acid groups (broad SMARTS) is 1. The molecule has 2 N–H and O–H groups in total. The van der Waals surface area contributed by atoms with Gasteiger partial charge in [-0.1, -0.05) is 43.3 Å². The van der Waals surface area contributed by atoms with Crippen molar-refractivity contribution in [3.8, 4) is 0 Å². The molecule has 21 heavy (non-hydrogen) atoms. The van der Waals surface area contributed by atoms with Crippen LogP contribution in [0.4, 0.5) is 5.69 Å². The van der Waals surface area contributed by atoms with Crippen molar-refractivity contribution < 1.29 is 9.90 Å². The van der Waals surface area contributed by atoms with E-state index in [1.807, 2.05) is 48.5 Å². The van der Waals surface area contributed by atoms with E-state index in [0.717, 1.165) is 22.1 Å². The molecule has 0 aliphatic rings. The second kappa shape index (κ2) is 6.31. The summed E-state index contributed by atoms with van der Waals surface area (Å²) < 4.78 is 0.836. The van der Waals surface area contributed by atoms with Crippen LogP contribution >= 0.6 is 15.9 Å². The highest BCUT2D eigenvalue weighted by atomic mass is 79.9. The molecule has 0 fully saturated rings. The summed E-state index contributed by atoms with van der Waals surface area (Å²) in [6, 6.07) is 15.2. The molecule has 2 rings (SSSR count). The summed E-state index contributed by atoms with van der Waals surface area (Å²) in [6.07, 6.45) is 0.932. The van der Waals surface area contributed by atoms with E-state index < -0.39 is 11.5 Å². The van der Waals surface area contributed by atoms with Gasteiger partial charge in [0.2, 0.25) is 0 Å². The molecule has 0 aromatic heterocycles. The highest BCUT2D eigenvalue weighted by Gasteiger charge is 2.35. The van der Waals surface area contributed by atoms with Gasteiger partial charge in [0.15, 0.2) is 5.54 Å². The van der Waals surface area contributed by atoms with Gasteiger partial charge in [-0.3, -0.25) is 0 Å². The van der Waals surface area contributed by atoms with E-state index in [4.69, 9.17) is 0 Å². The normalized spacial score (nSPS) is 13.5. The highest BCUT2D eigenvalue weighted by Crippen LogP contribution is 2.31. The Balaban J connectivity index is 2.40. The average molecular weight is 348 g/mol. The van der Waals surface area contributed by atoms with Gasteiger partial charge in [-0.25, -0.2) is 4.79 Å². The zero-order valence-corrected chi connectivity index (χ0v) is 13.6. The number of carboxylic acids is 1. The molecule has 1 unspecified atom stereocenters. The Kier molecular flexibility index (Phi) is 4.68. The van der Waals surface area contributed by atoms with Crippen LogP contribution in [0, 0.1) is 0 Å². The molecule has 0 spiro atoms. The SMILES string of the molecule is CCc1ccc(C(C)(Nc2ccccc2Br)C(=O)O)cc1. The molecule has 0 saturated carbocycles. The van der Waals surface area contributed by atoms with Crippen LogP contribution in [0.2, 0.25) is 0 Å². The fraction of sp³-hybridized carbons (Fsp3) is 0.235. The van der Waals surface area contributed by atoms with Crippen LogP contribution in [0.1, 0.15) is 25.0 Å². The van der Waals surface area contributed by atoms with E-state index in [-0.39, 0.29) is 0 Å². The van der Waals surface area contributed by atoms with Gasteiger partial charge >= 0.3 is 5.97 Å². The lowest BCUT2D eigenvalue weighted by atomic mass is 9.90. The minimum absolute atomic E-state index is 0.725. The first kappa shape index (κ1) is 15.6. The van der Waals surface area contributed by atoms with Gasteiger partial charge in [0, 0.05) is 10.2 Å². The van der Waals surface area contributed by atoms with Crippen LogP contribution in [0.5, 0.6) is 0 Å². The van der Waals surface area contributed by atoms with Crippen molar-refractivity contribution in [2.24, 2.45) is 0 Å². The summed E-state index contributed by atoms with van der Waals surface area (Å²) in [7, 11) is 0. The minimum Gasteiger partial charge on any atom is -0.479 e. The second-order valence-corrected chi connectivity index (χ2v) is 5.94. The van der Waals surface area contributed by atoms with Gasteiger partial charge in [-0.15, -0.1) is 0 Å². The van der Waals surface area contributed by atoms with Crippen LogP contribution in [0.3, 0.4) is 0 Å². The predicted octanol–water partition coefficient (Wildman–Crippen LogP) is 4.42. The van der Waals surface area contributed by atoms with Gasteiger partial charge in [-0.2, -0.15) is 0 Å². The number of aryl methyl sites for hydroxylation is 1. The topological polar surface area (TPSA) is 49.3 Å². The monoisotopic (exact) mass is 347 g/mol. The number of rotatable bonds is 5. The molecule has 0 amide bonds. The van der Waals surface area contributed by atoms with E-state index in [2.05, 4.69) is 28.2 Å². The summed E-state index contributed by atoms with van der Waals surface area (Å²) >= 11 is 3.44. The van der Waals surface area contributed by atoms with Gasteiger partial charge in [-0.05, 0) is 52.5 Å². The average Bonchev–Trinajstić information content (AvgIpc) is 2.49. The molecule has 1 atom stereocenters. The lowest BCUT2D eigenvalue weighted by Gasteiger charge is -2.28. The molecule has 0 saturated heterocycles. The number of halogens is 1. The maximum atomic E-state index is 11.8. The van der Waals surface area contributed by atoms with Gasteiger partial charge in [0.1, 0.15) is 0 Å². The Bertz CT molecular complexity index is 639. The Labute approximate surface area is 133 Å². The number of nitrogens with one attached hydrogen (secondary N) is 1. The molecule has 3 nitrogen and oxygen atoms in total. The van der Waals surface area contributed by atoms with Gasteiger partial charge in [0.25, 0.3) is 0 Å². The van der Waals surface area contributed by atoms with Crippen molar-refractivity contribution in [1.29, 1.82) is 0 Å². The van der Waals surface area contributed by atoms with Crippen molar-refractivity contribution >= 4 is 27.6 Å². The van der Waals surface area contributed by atoms with Crippen molar-refractivity contribution in [3.63, 3.8) is 0 Å². The summed E-state index contributed by atoms with van der Waals surface area (Å²) in [5.74, 6) is -0.914. The van der Waals surface area contributed by atoms with Gasteiger partial charge < -0.3 is 10.4 Å². The number of para-hydroxylation sites is 1. The molecular formula is C17H18BrNO2. The molecular weight excluding hydrogens is 330 g/mol. The third kappa shape index (κ3) is 3.27. The van der Waals surface area contributed by atoms with Gasteiger partial charge in [0.05, 0.1) is 0 Å². The van der Waals surface area contributed by atoms with E-state index in [0.29, 0.717) is 0 Å². The quantitative estimate of drug-likeness (QED) is 0.841. The lowest BCUT2D eigenvalue weighted by molar-refractivity contribution is -0.142. The predicted molar refractivity (Wildman–Crippen MR) is 88.6 cm³/mol. The first-order valence-electron chi connectivity index (χ1n) is 6.83. The third-order valence-electron chi connectivity index (χ3n) is 3.63. The molecule has 110 valence electrons. The number of aliphatic carboxylic acids is 1. The Morgan fingerprint density at radius 3 is 2.33 bits per heavy atom. The molecule has 0 aliphatic carbocycles. The lowest BCUT2D eigenvalue weighted by Crippen LogP contribution is -2.40. The number of hydrogen-bond donors (Lipinski definition) is 2. The Morgan fingerprint density at radius 2 is 1.81 bits per heavy atom. The zero-order chi connectivity index (χ0) is 15.5. The summed E-state index contributed by atoms with van der Waals surface area (Å²) in [6.45, 7) is 3.75. The molecule has 0 bridgehead atoms. The van der Waals surface area contributed by atoms with Crippen molar-refractivity contribution in [3.05, 3.63) is 64.1 Å². The molecule has 4 heteroatoms. The molecule has 0 aliphatic heterocycles. The summed E-state index contributed by atoms with van der Waals surface area (Å²) in [4.78, 5) is 11.8. The van der Waals surface area contributed by atoms with Crippen LogP contribution in [-0.2, 0) is 16.8 Å². The zero-order valence-electron chi connectivity index (χ0n) is 12.1. The fourth-order valence-electron chi connectivity index (χ4n) is 2.15. The van der Waals surface area contributed by atoms with Crippen LogP contribution in [0.25, 0.3) is 0 Å². The standard InChI is InChI=1S/C17H18BrNO2/c1-3-12-8-10-13(11-9-12)17(2,16(20)21)19-15-7-5-4-6-14(15)18/h4-11,19H,3H2,1-2H3,(H,20,21). The van der Waals surface area contributed by atoms with Crippen LogP contribution in [-0.4, -0.2) is 11.1 Å². The minimum atomic E-state index is -1.18. The van der Waals surface area contributed by atoms with Crippen molar-refractivity contribution in [2.75, 3.05) is 5.32 Å². The number of carbonyl (C=O) groups is 1. The van der Waals surface area contributed by atoms with E-state index in [1.54, 1.807) is 6.92 Å². The second-order valence-electron chi connectivity index (χ2n) is 5.09. The molecule has 0 radical (unpaired) electrons. The van der Waals surface area contributed by atoms with E-state index in [9.17, 15) is 9.90 Å². The largest absolute Gasteiger partial charge is 0.479 e. The Morgan fingerprint density at radius 1 is 1.19 bits per heavy atom. The summed E-state index contributed by atoms with van der Waals surface area (Å²) in [5.41, 5.74) is 1.48. The van der Waals surface area contributed by atoms with E-state index >= 15 is 0 Å². The van der Waals surface area contributed by atoms with Crippen LogP contribution in [0.15, 0.2) is 53.0 Å². The van der Waals surface area contributed by atoms with Crippen molar-refractivity contribution in [2.45, 2.75) is 25.8 Å². The fourth-order valence-corrected chi connectivity index (χ4v) is 2.54. The van der Waals surface area contributed by atoms with E-state index in [1.165, 1.54) is 5.56 Å². The summed E-state index contributed by atoms with van der Waals surface area (Å²) in [5, 5.41) is 12.8. The molecule has 2 aromatic rings. The maximum absolute atomic E-state index is 11.8.